The molecule has 2 amide bonds. The standard InChI is InChI=1S/C26H24N4O3/c1-33-21-12-6-5-11-20(21)30-25(31)23(19-9-3-2-4-10-19)24(26(30)32)29-17-15-28(16-18-29)22-13-7-8-14-27-22/h2-14H,15-18H2,1H3. The highest BCUT2D eigenvalue weighted by molar-refractivity contribution is 6.45. The van der Waals surface area contributed by atoms with E-state index < -0.39 is 0 Å². The van der Waals surface area contributed by atoms with Crippen molar-refractivity contribution in [3.8, 4) is 5.75 Å². The van der Waals surface area contributed by atoms with Crippen LogP contribution in [0.5, 0.6) is 5.75 Å². The van der Waals surface area contributed by atoms with Crippen molar-refractivity contribution >= 4 is 28.9 Å². The summed E-state index contributed by atoms with van der Waals surface area (Å²) in [6.45, 7) is 2.64. The van der Waals surface area contributed by atoms with E-state index in [0.29, 0.717) is 48.9 Å². The third kappa shape index (κ3) is 3.71. The number of benzene rings is 2. The lowest BCUT2D eigenvalue weighted by molar-refractivity contribution is -0.120. The zero-order chi connectivity index (χ0) is 22.8. The van der Waals surface area contributed by atoms with Crippen LogP contribution in [0.15, 0.2) is 84.7 Å². The summed E-state index contributed by atoms with van der Waals surface area (Å²) in [4.78, 5) is 37.3. The van der Waals surface area contributed by atoms with Gasteiger partial charge in [-0.25, -0.2) is 9.88 Å². The van der Waals surface area contributed by atoms with Gasteiger partial charge in [-0.15, -0.1) is 0 Å². The van der Waals surface area contributed by atoms with Gasteiger partial charge in [-0.2, -0.15) is 0 Å². The number of ether oxygens (including phenoxy) is 1. The van der Waals surface area contributed by atoms with E-state index in [9.17, 15) is 9.59 Å². The predicted molar refractivity (Wildman–Crippen MR) is 127 cm³/mol. The first-order valence-corrected chi connectivity index (χ1v) is 10.9. The molecule has 0 bridgehead atoms. The highest BCUT2D eigenvalue weighted by atomic mass is 16.5. The van der Waals surface area contributed by atoms with E-state index in [-0.39, 0.29) is 11.8 Å². The lowest BCUT2D eigenvalue weighted by Crippen LogP contribution is -2.48. The Morgan fingerprint density at radius 2 is 1.42 bits per heavy atom. The molecule has 0 radical (unpaired) electrons. The average molecular weight is 441 g/mol. The van der Waals surface area contributed by atoms with Crippen molar-refractivity contribution in [2.75, 3.05) is 43.1 Å². The van der Waals surface area contributed by atoms with Crippen LogP contribution in [0, 0.1) is 0 Å². The molecule has 1 aromatic heterocycles. The summed E-state index contributed by atoms with van der Waals surface area (Å²) in [6, 6.07) is 22.3. The normalized spacial score (nSPS) is 16.6. The monoisotopic (exact) mass is 440 g/mol. The van der Waals surface area contributed by atoms with E-state index in [1.165, 1.54) is 12.0 Å². The summed E-state index contributed by atoms with van der Waals surface area (Å²) in [5.74, 6) is 0.735. The number of anilines is 2. The predicted octanol–water partition coefficient (Wildman–Crippen LogP) is 3.20. The first-order chi connectivity index (χ1) is 16.2. The Morgan fingerprint density at radius 1 is 0.758 bits per heavy atom. The van der Waals surface area contributed by atoms with Crippen LogP contribution >= 0.6 is 0 Å². The first kappa shape index (κ1) is 20.8. The smallest absolute Gasteiger partial charge is 0.282 e. The zero-order valence-corrected chi connectivity index (χ0v) is 18.3. The fourth-order valence-corrected chi connectivity index (χ4v) is 4.41. The van der Waals surface area contributed by atoms with Crippen molar-refractivity contribution in [2.24, 2.45) is 0 Å². The lowest BCUT2D eigenvalue weighted by atomic mass is 10.0. The molecule has 3 heterocycles. The van der Waals surface area contributed by atoms with E-state index >= 15 is 0 Å². The minimum absolute atomic E-state index is 0.324. The van der Waals surface area contributed by atoms with Crippen molar-refractivity contribution in [3.63, 3.8) is 0 Å². The molecule has 166 valence electrons. The average Bonchev–Trinajstić information content (AvgIpc) is 3.14. The van der Waals surface area contributed by atoms with Gasteiger partial charge in [0.2, 0.25) is 0 Å². The largest absolute Gasteiger partial charge is 0.495 e. The van der Waals surface area contributed by atoms with Gasteiger partial charge in [0.05, 0.1) is 18.4 Å². The molecule has 1 fully saturated rings. The number of para-hydroxylation sites is 2. The van der Waals surface area contributed by atoms with Crippen molar-refractivity contribution in [1.82, 2.24) is 9.88 Å². The number of hydrogen-bond acceptors (Lipinski definition) is 6. The molecule has 0 atom stereocenters. The number of carbonyl (C=O) groups excluding carboxylic acids is 2. The summed E-state index contributed by atoms with van der Waals surface area (Å²) >= 11 is 0. The van der Waals surface area contributed by atoms with Gasteiger partial charge in [0.15, 0.2) is 0 Å². The van der Waals surface area contributed by atoms with E-state index in [2.05, 4.69) is 9.88 Å². The summed E-state index contributed by atoms with van der Waals surface area (Å²) in [5, 5.41) is 0. The Morgan fingerprint density at radius 3 is 2.12 bits per heavy atom. The van der Waals surface area contributed by atoms with Crippen LogP contribution in [0.25, 0.3) is 5.57 Å². The SMILES string of the molecule is COc1ccccc1N1C(=O)C(c2ccccc2)=C(N2CCN(c3ccccn3)CC2)C1=O. The number of amides is 2. The maximum absolute atomic E-state index is 13.7. The zero-order valence-electron chi connectivity index (χ0n) is 18.3. The van der Waals surface area contributed by atoms with Crippen LogP contribution < -0.4 is 14.5 Å². The minimum Gasteiger partial charge on any atom is -0.495 e. The number of pyridine rings is 1. The van der Waals surface area contributed by atoms with Gasteiger partial charge in [-0.05, 0) is 29.8 Å². The second-order valence-corrected chi connectivity index (χ2v) is 7.87. The van der Waals surface area contributed by atoms with Gasteiger partial charge in [0, 0.05) is 32.4 Å². The molecule has 2 aliphatic rings. The fraction of sp³-hybridized carbons (Fsp3) is 0.192. The number of imide groups is 1. The number of rotatable bonds is 5. The maximum Gasteiger partial charge on any atom is 0.282 e. The number of hydrogen-bond donors (Lipinski definition) is 0. The number of carbonyl (C=O) groups is 2. The molecule has 0 unspecified atom stereocenters. The quantitative estimate of drug-likeness (QED) is 0.568. The van der Waals surface area contributed by atoms with Gasteiger partial charge in [0.1, 0.15) is 17.3 Å². The van der Waals surface area contributed by atoms with Crippen LogP contribution in [0.2, 0.25) is 0 Å². The molecule has 0 N–H and O–H groups in total. The summed E-state index contributed by atoms with van der Waals surface area (Å²) in [6.07, 6.45) is 1.78. The van der Waals surface area contributed by atoms with Crippen LogP contribution in [-0.2, 0) is 9.59 Å². The Balaban J connectivity index is 1.51. The molecule has 7 nitrogen and oxygen atoms in total. The third-order valence-corrected chi connectivity index (χ3v) is 6.02. The molecule has 33 heavy (non-hydrogen) atoms. The molecule has 0 aliphatic carbocycles. The molecular weight excluding hydrogens is 416 g/mol. The van der Waals surface area contributed by atoms with Crippen LogP contribution in [0.1, 0.15) is 5.56 Å². The molecule has 3 aromatic rings. The second-order valence-electron chi connectivity index (χ2n) is 7.87. The first-order valence-electron chi connectivity index (χ1n) is 10.9. The van der Waals surface area contributed by atoms with E-state index in [4.69, 9.17) is 4.74 Å². The fourth-order valence-electron chi connectivity index (χ4n) is 4.41. The van der Waals surface area contributed by atoms with Gasteiger partial charge in [-0.1, -0.05) is 48.5 Å². The summed E-state index contributed by atoms with van der Waals surface area (Å²) in [5.41, 5.74) is 2.05. The number of aromatic nitrogens is 1. The Bertz CT molecular complexity index is 1200. The molecule has 2 aromatic carbocycles. The minimum atomic E-state index is -0.335. The molecule has 0 spiro atoms. The van der Waals surface area contributed by atoms with Gasteiger partial charge in [0.25, 0.3) is 11.8 Å². The highest BCUT2D eigenvalue weighted by Gasteiger charge is 2.43. The summed E-state index contributed by atoms with van der Waals surface area (Å²) in [7, 11) is 1.53. The maximum atomic E-state index is 13.7. The van der Waals surface area contributed by atoms with Crippen LogP contribution in [0.4, 0.5) is 11.5 Å². The Hall–Kier alpha value is -4.13. The highest BCUT2D eigenvalue weighted by Crippen LogP contribution is 2.38. The molecular formula is C26H24N4O3. The Labute approximate surface area is 192 Å². The van der Waals surface area contributed by atoms with Gasteiger partial charge < -0.3 is 14.5 Å². The Kier molecular flexibility index (Phi) is 5.52. The number of piperazine rings is 1. The van der Waals surface area contributed by atoms with Crippen molar-refractivity contribution in [3.05, 3.63) is 90.3 Å². The van der Waals surface area contributed by atoms with E-state index in [1.807, 2.05) is 59.5 Å². The summed E-state index contributed by atoms with van der Waals surface area (Å²) < 4.78 is 5.45. The molecule has 2 aliphatic heterocycles. The van der Waals surface area contributed by atoms with E-state index in [0.717, 1.165) is 11.4 Å². The van der Waals surface area contributed by atoms with Crippen molar-refractivity contribution in [1.29, 1.82) is 0 Å². The number of nitrogens with zero attached hydrogens (tertiary/aromatic N) is 4. The van der Waals surface area contributed by atoms with Crippen LogP contribution in [-0.4, -0.2) is 55.0 Å². The van der Waals surface area contributed by atoms with Gasteiger partial charge in [-0.3, -0.25) is 9.59 Å². The molecule has 7 heteroatoms. The van der Waals surface area contributed by atoms with E-state index in [1.54, 1.807) is 24.4 Å². The topological polar surface area (TPSA) is 66.0 Å². The van der Waals surface area contributed by atoms with Crippen LogP contribution in [0.3, 0.4) is 0 Å². The van der Waals surface area contributed by atoms with Crippen molar-refractivity contribution < 1.29 is 14.3 Å². The molecule has 1 saturated heterocycles. The van der Waals surface area contributed by atoms with Crippen molar-refractivity contribution in [2.45, 2.75) is 0 Å². The third-order valence-electron chi connectivity index (χ3n) is 6.02. The van der Waals surface area contributed by atoms with Gasteiger partial charge >= 0.3 is 0 Å². The number of methoxy groups -OCH3 is 1. The lowest BCUT2D eigenvalue weighted by Gasteiger charge is -2.37. The molecule has 0 saturated carbocycles. The molecule has 5 rings (SSSR count). The second kappa shape index (κ2) is 8.78.